The predicted molar refractivity (Wildman–Crippen MR) is 30.5 cm³/mol. The topological polar surface area (TPSA) is 17.1 Å². The molecule has 0 saturated carbocycles. The minimum atomic E-state index is -4.24. The van der Waals surface area contributed by atoms with Crippen molar-refractivity contribution < 1.29 is 18.0 Å². The molecule has 0 aromatic heterocycles. The van der Waals surface area contributed by atoms with Crippen LogP contribution in [0.4, 0.5) is 13.2 Å². The summed E-state index contributed by atoms with van der Waals surface area (Å²) < 4.78 is 34.1. The van der Waals surface area contributed by atoms with E-state index < -0.39 is 24.8 Å². The molecule has 0 spiro atoms. The minimum Gasteiger partial charge on any atom is -0.295 e. The number of ketones is 1. The van der Waals surface area contributed by atoms with Gasteiger partial charge in [-0.25, -0.2) is 0 Å². The number of carbonyl (C=O) groups excluding carboxylic acids is 1. The first kappa shape index (κ1) is 9.20. The van der Waals surface area contributed by atoms with E-state index in [1.54, 1.807) is 0 Å². The molecule has 0 aromatic rings. The number of rotatable bonds is 3. The third-order valence-electron chi connectivity index (χ3n) is 0.883. The fourth-order valence-corrected chi connectivity index (χ4v) is 0.367. The van der Waals surface area contributed by atoms with Crippen LogP contribution in [-0.2, 0) is 4.79 Å². The van der Waals surface area contributed by atoms with Gasteiger partial charge in [0.15, 0.2) is 5.78 Å². The first-order chi connectivity index (χ1) is 4.45. The molecule has 0 aromatic carbocycles. The average molecular weight is 152 g/mol. The predicted octanol–water partition coefficient (Wildman–Crippen LogP) is 2.08. The lowest BCUT2D eigenvalue weighted by Crippen LogP contribution is -2.09. The van der Waals surface area contributed by atoms with Gasteiger partial charge in [0.05, 0.1) is 6.42 Å². The molecule has 0 heterocycles. The van der Waals surface area contributed by atoms with E-state index in [9.17, 15) is 18.0 Å². The largest absolute Gasteiger partial charge is 0.389 e. The second-order valence-electron chi connectivity index (χ2n) is 1.79. The van der Waals surface area contributed by atoms with Crippen LogP contribution in [0.1, 0.15) is 12.8 Å². The third-order valence-corrected chi connectivity index (χ3v) is 0.883. The van der Waals surface area contributed by atoms with Crippen molar-refractivity contribution in [3.05, 3.63) is 12.7 Å². The molecule has 0 radical (unpaired) electrons. The first-order valence-corrected chi connectivity index (χ1v) is 2.68. The highest BCUT2D eigenvalue weighted by atomic mass is 19.4. The van der Waals surface area contributed by atoms with E-state index in [-0.39, 0.29) is 0 Å². The van der Waals surface area contributed by atoms with Crippen LogP contribution in [0.2, 0.25) is 0 Å². The fraction of sp³-hybridized carbons (Fsp3) is 0.500. The molecule has 0 amide bonds. The maximum Gasteiger partial charge on any atom is 0.389 e. The highest BCUT2D eigenvalue weighted by molar-refractivity contribution is 5.88. The standard InChI is InChI=1S/C6H7F3O/c1-2-5(10)3-4-6(7,8)9/h2H,1,3-4H2. The zero-order chi connectivity index (χ0) is 8.20. The molecule has 0 unspecified atom stereocenters. The molecule has 0 rings (SSSR count). The zero-order valence-corrected chi connectivity index (χ0v) is 5.24. The number of hydrogen-bond donors (Lipinski definition) is 0. The van der Waals surface area contributed by atoms with Gasteiger partial charge in [0.25, 0.3) is 0 Å². The lowest BCUT2D eigenvalue weighted by atomic mass is 10.2. The molecular formula is C6H7F3O. The summed E-state index contributed by atoms with van der Waals surface area (Å²) in [6, 6.07) is 0. The lowest BCUT2D eigenvalue weighted by Gasteiger charge is -2.02. The van der Waals surface area contributed by atoms with Gasteiger partial charge in [0.1, 0.15) is 0 Å². The number of halogens is 3. The summed E-state index contributed by atoms with van der Waals surface area (Å²) in [5.74, 6) is -0.572. The summed E-state index contributed by atoms with van der Waals surface area (Å²) in [7, 11) is 0. The van der Waals surface area contributed by atoms with Gasteiger partial charge in [-0.1, -0.05) is 6.58 Å². The van der Waals surface area contributed by atoms with Crippen molar-refractivity contribution >= 4 is 5.78 Å². The Morgan fingerprint density at radius 3 is 2.30 bits per heavy atom. The fourth-order valence-electron chi connectivity index (χ4n) is 0.367. The summed E-state index contributed by atoms with van der Waals surface area (Å²) in [4.78, 5) is 10.2. The molecule has 4 heteroatoms. The van der Waals surface area contributed by atoms with Gasteiger partial charge in [0, 0.05) is 6.42 Å². The van der Waals surface area contributed by atoms with Crippen LogP contribution in [0, 0.1) is 0 Å². The van der Waals surface area contributed by atoms with E-state index in [0.717, 1.165) is 6.08 Å². The number of alkyl halides is 3. The van der Waals surface area contributed by atoms with E-state index in [2.05, 4.69) is 6.58 Å². The Morgan fingerprint density at radius 2 is 2.00 bits per heavy atom. The van der Waals surface area contributed by atoms with Crippen molar-refractivity contribution in [3.8, 4) is 0 Å². The molecule has 0 atom stereocenters. The Bertz CT molecular complexity index is 136. The van der Waals surface area contributed by atoms with E-state index in [1.165, 1.54) is 0 Å². The van der Waals surface area contributed by atoms with Crippen LogP contribution in [0.25, 0.3) is 0 Å². The van der Waals surface area contributed by atoms with Crippen molar-refractivity contribution in [1.82, 2.24) is 0 Å². The summed E-state index contributed by atoms with van der Waals surface area (Å²) >= 11 is 0. The Kier molecular flexibility index (Phi) is 3.12. The quantitative estimate of drug-likeness (QED) is 0.566. The average Bonchev–Trinajstić information content (AvgIpc) is 1.81. The van der Waals surface area contributed by atoms with Gasteiger partial charge < -0.3 is 0 Å². The van der Waals surface area contributed by atoms with Crippen LogP contribution in [0.15, 0.2) is 12.7 Å². The second-order valence-corrected chi connectivity index (χ2v) is 1.79. The van der Waals surface area contributed by atoms with Gasteiger partial charge in [-0.15, -0.1) is 0 Å². The van der Waals surface area contributed by atoms with E-state index in [4.69, 9.17) is 0 Å². The highest BCUT2D eigenvalue weighted by Gasteiger charge is 2.27. The van der Waals surface area contributed by atoms with Crippen molar-refractivity contribution in [2.24, 2.45) is 0 Å². The minimum absolute atomic E-state index is 0.493. The number of hydrogen-bond acceptors (Lipinski definition) is 1. The maximum absolute atomic E-state index is 11.4. The number of carbonyl (C=O) groups is 1. The molecular weight excluding hydrogens is 145 g/mol. The molecule has 0 aliphatic carbocycles. The third kappa shape index (κ3) is 5.34. The SMILES string of the molecule is C=CC(=O)CCC(F)(F)F. The van der Waals surface area contributed by atoms with Crippen molar-refractivity contribution in [3.63, 3.8) is 0 Å². The van der Waals surface area contributed by atoms with Gasteiger partial charge in [-0.2, -0.15) is 13.2 Å². The zero-order valence-electron chi connectivity index (χ0n) is 5.24. The van der Waals surface area contributed by atoms with Crippen LogP contribution >= 0.6 is 0 Å². The van der Waals surface area contributed by atoms with Gasteiger partial charge in [-0.05, 0) is 6.08 Å². The monoisotopic (exact) mass is 152 g/mol. The Hall–Kier alpha value is -0.800. The lowest BCUT2D eigenvalue weighted by molar-refractivity contribution is -0.141. The molecule has 0 bridgehead atoms. The summed E-state index contributed by atoms with van der Waals surface area (Å²) in [6.45, 7) is 3.04. The van der Waals surface area contributed by atoms with E-state index in [0.29, 0.717) is 0 Å². The molecule has 0 fully saturated rings. The molecule has 58 valence electrons. The summed E-state index contributed by atoms with van der Waals surface area (Å²) in [5, 5.41) is 0. The number of allylic oxidation sites excluding steroid dienone is 1. The smallest absolute Gasteiger partial charge is 0.295 e. The van der Waals surface area contributed by atoms with Gasteiger partial charge >= 0.3 is 6.18 Å². The Balaban J connectivity index is 3.55. The normalized spacial score (nSPS) is 11.1. The van der Waals surface area contributed by atoms with Crippen LogP contribution < -0.4 is 0 Å². The second kappa shape index (κ2) is 3.39. The highest BCUT2D eigenvalue weighted by Crippen LogP contribution is 2.21. The van der Waals surface area contributed by atoms with Crippen molar-refractivity contribution in [1.29, 1.82) is 0 Å². The molecule has 0 aliphatic rings. The molecule has 0 aliphatic heterocycles. The summed E-state index contributed by atoms with van der Waals surface area (Å²) in [5.41, 5.74) is 0. The molecule has 10 heavy (non-hydrogen) atoms. The molecule has 1 nitrogen and oxygen atoms in total. The van der Waals surface area contributed by atoms with Crippen LogP contribution in [0.3, 0.4) is 0 Å². The van der Waals surface area contributed by atoms with E-state index in [1.807, 2.05) is 0 Å². The van der Waals surface area contributed by atoms with Crippen LogP contribution in [-0.4, -0.2) is 12.0 Å². The van der Waals surface area contributed by atoms with Crippen LogP contribution in [0.5, 0.6) is 0 Å². The van der Waals surface area contributed by atoms with Crippen molar-refractivity contribution in [2.45, 2.75) is 19.0 Å². The van der Waals surface area contributed by atoms with E-state index >= 15 is 0 Å². The molecule has 0 saturated heterocycles. The molecule has 0 N–H and O–H groups in total. The van der Waals surface area contributed by atoms with Crippen molar-refractivity contribution in [2.75, 3.05) is 0 Å². The van der Waals surface area contributed by atoms with Gasteiger partial charge in [0.2, 0.25) is 0 Å². The summed E-state index contributed by atoms with van der Waals surface area (Å²) in [6.07, 6.45) is -4.89. The Morgan fingerprint density at radius 1 is 1.50 bits per heavy atom. The first-order valence-electron chi connectivity index (χ1n) is 2.68. The Labute approximate surface area is 56.5 Å². The van der Waals surface area contributed by atoms with Gasteiger partial charge in [-0.3, -0.25) is 4.79 Å². The maximum atomic E-state index is 11.4.